The highest BCUT2D eigenvalue weighted by molar-refractivity contribution is 5.75. The third-order valence-corrected chi connectivity index (χ3v) is 8.60. The van der Waals surface area contributed by atoms with E-state index in [-0.39, 0.29) is 0 Å². The van der Waals surface area contributed by atoms with Gasteiger partial charge in [0.1, 0.15) is 0 Å². The van der Waals surface area contributed by atoms with E-state index in [1.807, 2.05) is 18.2 Å². The van der Waals surface area contributed by atoms with Gasteiger partial charge in [-0.05, 0) is 44.5 Å². The number of hydrogen-bond donors (Lipinski definition) is 0. The maximum absolute atomic E-state index is 4.99. The minimum absolute atomic E-state index is 0.639. The van der Waals surface area contributed by atoms with Gasteiger partial charge in [-0.15, -0.1) is 0 Å². The topological polar surface area (TPSA) is 38.7 Å². The Balaban J connectivity index is 1.14. The monoisotopic (exact) mass is 613 g/mol. The van der Waals surface area contributed by atoms with Gasteiger partial charge in [-0.3, -0.25) is 0 Å². The molecule has 0 saturated heterocycles. The van der Waals surface area contributed by atoms with Crippen molar-refractivity contribution in [3.63, 3.8) is 0 Å². The minimum Gasteiger partial charge on any atom is -0.208 e. The highest BCUT2D eigenvalue weighted by Gasteiger charge is 2.13. The Morgan fingerprint density at radius 3 is 0.542 bits per heavy atom. The van der Waals surface area contributed by atoms with Gasteiger partial charge in [0.2, 0.25) is 0 Å². The van der Waals surface area contributed by atoms with Gasteiger partial charge in [-0.1, -0.05) is 188 Å². The van der Waals surface area contributed by atoms with E-state index in [0.717, 1.165) is 38.9 Å². The molecule has 8 rings (SSSR count). The number of hydrogen-bond acceptors (Lipinski definition) is 3. The third-order valence-electron chi connectivity index (χ3n) is 8.60. The lowest BCUT2D eigenvalue weighted by molar-refractivity contribution is 1.07. The Morgan fingerprint density at radius 2 is 0.333 bits per heavy atom. The fourth-order valence-corrected chi connectivity index (χ4v) is 5.95. The van der Waals surface area contributed by atoms with Crippen molar-refractivity contribution in [3.8, 4) is 78.7 Å². The molecule has 0 fully saturated rings. The second-order valence-corrected chi connectivity index (χ2v) is 11.7. The van der Waals surface area contributed by atoms with Crippen LogP contribution in [-0.2, 0) is 0 Å². The normalized spacial score (nSPS) is 10.9. The first-order chi connectivity index (χ1) is 23.8. The van der Waals surface area contributed by atoms with E-state index < -0.39 is 0 Å². The van der Waals surface area contributed by atoms with Gasteiger partial charge in [-0.2, -0.15) is 0 Å². The van der Waals surface area contributed by atoms with Gasteiger partial charge in [0, 0.05) is 16.7 Å². The van der Waals surface area contributed by atoms with Crippen molar-refractivity contribution in [1.82, 2.24) is 15.0 Å². The molecule has 0 aliphatic heterocycles. The van der Waals surface area contributed by atoms with Crippen molar-refractivity contribution in [2.24, 2.45) is 0 Å². The first-order valence-corrected chi connectivity index (χ1v) is 16.1. The fourth-order valence-electron chi connectivity index (χ4n) is 5.95. The zero-order chi connectivity index (χ0) is 32.1. The van der Waals surface area contributed by atoms with E-state index in [1.54, 1.807) is 0 Å². The lowest BCUT2D eigenvalue weighted by atomic mass is 9.99. The number of benzene rings is 7. The van der Waals surface area contributed by atoms with Crippen molar-refractivity contribution in [2.45, 2.75) is 0 Å². The van der Waals surface area contributed by atoms with Crippen molar-refractivity contribution in [2.75, 3.05) is 0 Å². The van der Waals surface area contributed by atoms with E-state index in [9.17, 15) is 0 Å². The summed E-state index contributed by atoms with van der Waals surface area (Å²) < 4.78 is 0. The molecule has 0 spiro atoms. The maximum Gasteiger partial charge on any atom is 0.164 e. The van der Waals surface area contributed by atoms with Crippen LogP contribution in [0.25, 0.3) is 78.7 Å². The first-order valence-electron chi connectivity index (χ1n) is 16.1. The third kappa shape index (κ3) is 6.18. The second-order valence-electron chi connectivity index (χ2n) is 11.7. The SMILES string of the molecule is c1ccc(-c2ccc(-c3ccc(-c4nc(-c5ccc(-c6ccccc6)cc5)nc(-c5ccc(-c6ccccc6)cc5)n4)cc3)cc2)cc1. The van der Waals surface area contributed by atoms with Crippen LogP contribution < -0.4 is 0 Å². The van der Waals surface area contributed by atoms with E-state index in [2.05, 4.69) is 170 Å². The van der Waals surface area contributed by atoms with Crippen LogP contribution in [0.5, 0.6) is 0 Å². The Kier molecular flexibility index (Phi) is 7.92. The molecule has 0 aliphatic rings. The van der Waals surface area contributed by atoms with Crippen LogP contribution >= 0.6 is 0 Å². The molecule has 0 unspecified atom stereocenters. The van der Waals surface area contributed by atoms with Crippen LogP contribution in [0.15, 0.2) is 188 Å². The van der Waals surface area contributed by atoms with E-state index in [4.69, 9.17) is 15.0 Å². The minimum atomic E-state index is 0.639. The van der Waals surface area contributed by atoms with E-state index in [1.165, 1.54) is 22.3 Å². The van der Waals surface area contributed by atoms with Crippen LogP contribution in [0, 0.1) is 0 Å². The summed E-state index contributed by atoms with van der Waals surface area (Å²) in [5, 5.41) is 0. The average molecular weight is 614 g/mol. The van der Waals surface area contributed by atoms with Crippen LogP contribution in [0.2, 0.25) is 0 Å². The molecule has 7 aromatic carbocycles. The Hall–Kier alpha value is -6.45. The standard InChI is InChI=1S/C45H31N3/c1-4-10-32(11-5-1)35-16-18-38(19-17-35)39-24-30-42(31-25-39)45-47-43(40-26-20-36(21-27-40)33-12-6-2-7-13-33)46-44(48-45)41-28-22-37(23-29-41)34-14-8-3-9-15-34/h1-31H. The van der Waals surface area contributed by atoms with Crippen molar-refractivity contribution >= 4 is 0 Å². The predicted octanol–water partition coefficient (Wildman–Crippen LogP) is 11.5. The highest BCUT2D eigenvalue weighted by Crippen LogP contribution is 2.30. The summed E-state index contributed by atoms with van der Waals surface area (Å²) >= 11 is 0. The van der Waals surface area contributed by atoms with Gasteiger partial charge < -0.3 is 0 Å². The molecule has 1 heterocycles. The van der Waals surface area contributed by atoms with Crippen molar-refractivity contribution in [3.05, 3.63) is 188 Å². The smallest absolute Gasteiger partial charge is 0.164 e. The van der Waals surface area contributed by atoms with Crippen molar-refractivity contribution < 1.29 is 0 Å². The molecule has 0 amide bonds. The molecule has 0 atom stereocenters. The average Bonchev–Trinajstić information content (AvgIpc) is 3.19. The maximum atomic E-state index is 4.99. The molecule has 3 heteroatoms. The van der Waals surface area contributed by atoms with Gasteiger partial charge in [0.25, 0.3) is 0 Å². The molecule has 8 aromatic rings. The Morgan fingerprint density at radius 1 is 0.167 bits per heavy atom. The Bertz CT molecular complexity index is 2160. The molecule has 0 N–H and O–H groups in total. The zero-order valence-electron chi connectivity index (χ0n) is 26.2. The fraction of sp³-hybridized carbons (Fsp3) is 0. The number of nitrogens with zero attached hydrogens (tertiary/aromatic N) is 3. The first kappa shape index (κ1) is 29.0. The molecule has 0 aliphatic carbocycles. The van der Waals surface area contributed by atoms with Crippen LogP contribution in [0.3, 0.4) is 0 Å². The molecule has 0 saturated carbocycles. The van der Waals surface area contributed by atoms with Crippen LogP contribution in [-0.4, -0.2) is 15.0 Å². The molecular formula is C45H31N3. The van der Waals surface area contributed by atoms with Gasteiger partial charge in [0.15, 0.2) is 17.5 Å². The van der Waals surface area contributed by atoms with Gasteiger partial charge >= 0.3 is 0 Å². The molecule has 3 nitrogen and oxygen atoms in total. The summed E-state index contributed by atoms with van der Waals surface area (Å²) in [4.78, 5) is 15.0. The second kappa shape index (κ2) is 13.1. The summed E-state index contributed by atoms with van der Waals surface area (Å²) in [6, 6.07) is 65.3. The molecule has 0 bridgehead atoms. The summed E-state index contributed by atoms with van der Waals surface area (Å²) in [6.45, 7) is 0. The van der Waals surface area contributed by atoms with Crippen molar-refractivity contribution in [1.29, 1.82) is 0 Å². The van der Waals surface area contributed by atoms with Gasteiger partial charge in [0.05, 0.1) is 0 Å². The zero-order valence-corrected chi connectivity index (χ0v) is 26.2. The molecule has 48 heavy (non-hydrogen) atoms. The molecular weight excluding hydrogens is 583 g/mol. The molecule has 1 aromatic heterocycles. The summed E-state index contributed by atoms with van der Waals surface area (Å²) in [7, 11) is 0. The largest absolute Gasteiger partial charge is 0.208 e. The van der Waals surface area contributed by atoms with E-state index >= 15 is 0 Å². The predicted molar refractivity (Wildman–Crippen MR) is 198 cm³/mol. The lowest BCUT2D eigenvalue weighted by Gasteiger charge is -2.10. The number of aromatic nitrogens is 3. The summed E-state index contributed by atoms with van der Waals surface area (Å²) in [5.74, 6) is 1.92. The molecule has 226 valence electrons. The Labute approximate surface area is 280 Å². The highest BCUT2D eigenvalue weighted by atomic mass is 15.0. The quantitative estimate of drug-likeness (QED) is 0.179. The van der Waals surface area contributed by atoms with E-state index in [0.29, 0.717) is 17.5 Å². The lowest BCUT2D eigenvalue weighted by Crippen LogP contribution is -2.00. The number of rotatable bonds is 7. The van der Waals surface area contributed by atoms with Crippen LogP contribution in [0.4, 0.5) is 0 Å². The molecule has 0 radical (unpaired) electrons. The van der Waals surface area contributed by atoms with Gasteiger partial charge in [-0.25, -0.2) is 15.0 Å². The summed E-state index contributed by atoms with van der Waals surface area (Å²) in [5.41, 5.74) is 12.2. The van der Waals surface area contributed by atoms with Crippen LogP contribution in [0.1, 0.15) is 0 Å². The summed E-state index contributed by atoms with van der Waals surface area (Å²) in [6.07, 6.45) is 0.